The molecular formula is C26H26O3S. The summed E-state index contributed by atoms with van der Waals surface area (Å²) in [4.78, 5) is 11.8. The number of hydrogen-bond donors (Lipinski definition) is 1. The molecule has 4 heteroatoms. The fourth-order valence-corrected chi connectivity index (χ4v) is 4.23. The molecule has 154 valence electrons. The number of rotatable bonds is 8. The Labute approximate surface area is 182 Å². The van der Waals surface area contributed by atoms with Gasteiger partial charge in [0.15, 0.2) is 6.61 Å². The molecule has 0 radical (unpaired) electrons. The van der Waals surface area contributed by atoms with Crippen LogP contribution < -0.4 is 4.74 Å². The molecule has 0 heterocycles. The summed E-state index contributed by atoms with van der Waals surface area (Å²) >= 11 is 1.76. The lowest BCUT2D eigenvalue weighted by molar-refractivity contribution is -0.139. The zero-order valence-electron chi connectivity index (χ0n) is 17.5. The van der Waals surface area contributed by atoms with E-state index in [1.165, 1.54) is 27.8 Å². The maximum Gasteiger partial charge on any atom is 0.341 e. The Morgan fingerprint density at radius 2 is 1.50 bits per heavy atom. The molecule has 0 fully saturated rings. The molecule has 30 heavy (non-hydrogen) atoms. The van der Waals surface area contributed by atoms with Crippen LogP contribution in [-0.4, -0.2) is 23.4 Å². The molecule has 0 spiro atoms. The quantitative estimate of drug-likeness (QED) is 0.436. The summed E-state index contributed by atoms with van der Waals surface area (Å²) in [5.74, 6) is 0.431. The molecule has 3 aromatic rings. The van der Waals surface area contributed by atoms with E-state index >= 15 is 0 Å². The molecule has 0 amide bonds. The first kappa shape index (κ1) is 21.7. The van der Waals surface area contributed by atoms with Crippen molar-refractivity contribution in [3.05, 3.63) is 101 Å². The van der Waals surface area contributed by atoms with Gasteiger partial charge in [-0.1, -0.05) is 54.6 Å². The van der Waals surface area contributed by atoms with Crippen molar-refractivity contribution in [1.29, 1.82) is 0 Å². The van der Waals surface area contributed by atoms with Gasteiger partial charge in [-0.3, -0.25) is 0 Å². The van der Waals surface area contributed by atoms with Crippen molar-refractivity contribution in [3.63, 3.8) is 0 Å². The summed E-state index contributed by atoms with van der Waals surface area (Å²) in [6.45, 7) is 5.98. The number of hydrogen-bond acceptors (Lipinski definition) is 3. The highest BCUT2D eigenvalue weighted by Gasteiger charge is 2.10. The van der Waals surface area contributed by atoms with Crippen molar-refractivity contribution in [1.82, 2.24) is 0 Å². The van der Waals surface area contributed by atoms with E-state index in [1.54, 1.807) is 11.8 Å². The fourth-order valence-electron chi connectivity index (χ4n) is 3.35. The van der Waals surface area contributed by atoms with E-state index in [0.717, 1.165) is 16.2 Å². The Hall–Kier alpha value is -2.98. The largest absolute Gasteiger partial charge is 0.482 e. The van der Waals surface area contributed by atoms with E-state index in [-0.39, 0.29) is 6.61 Å². The number of thioether (sulfide) groups is 1. The van der Waals surface area contributed by atoms with E-state index in [9.17, 15) is 4.79 Å². The molecule has 0 bridgehead atoms. The summed E-state index contributed by atoms with van der Waals surface area (Å²) in [6, 6.07) is 22.7. The standard InChI is InChI=1S/C26H26O3S/c1-18-8-4-6-10-22(18)24(23-11-7-5-9-19(23)2)14-15-30-25-13-12-21(16-20(25)3)29-17-26(27)28/h4-14,16H,15,17H2,1-3H3,(H,27,28). The zero-order valence-corrected chi connectivity index (χ0v) is 18.3. The van der Waals surface area contributed by atoms with E-state index in [4.69, 9.17) is 9.84 Å². The maximum atomic E-state index is 10.7. The van der Waals surface area contributed by atoms with Crippen LogP contribution in [0.1, 0.15) is 27.8 Å². The highest BCUT2D eigenvalue weighted by molar-refractivity contribution is 7.99. The number of benzene rings is 3. The summed E-state index contributed by atoms with van der Waals surface area (Å²) in [5.41, 5.74) is 7.34. The maximum absolute atomic E-state index is 10.7. The van der Waals surface area contributed by atoms with E-state index in [0.29, 0.717) is 5.75 Å². The molecule has 3 aromatic carbocycles. The highest BCUT2D eigenvalue weighted by atomic mass is 32.2. The Balaban J connectivity index is 1.83. The normalized spacial score (nSPS) is 10.5. The second kappa shape index (κ2) is 10.2. The third kappa shape index (κ3) is 5.55. The van der Waals surface area contributed by atoms with Crippen molar-refractivity contribution in [3.8, 4) is 5.75 Å². The average Bonchev–Trinajstić information content (AvgIpc) is 2.72. The monoisotopic (exact) mass is 418 g/mol. The molecule has 0 atom stereocenters. The SMILES string of the molecule is Cc1cc(OCC(=O)O)ccc1SCC=C(c1ccccc1C)c1ccccc1C. The molecule has 0 aliphatic heterocycles. The van der Waals surface area contributed by atoms with Crippen LogP contribution in [0.15, 0.2) is 77.7 Å². The van der Waals surface area contributed by atoms with Gasteiger partial charge in [0.1, 0.15) is 5.75 Å². The minimum Gasteiger partial charge on any atom is -0.482 e. The average molecular weight is 419 g/mol. The first-order valence-electron chi connectivity index (χ1n) is 9.86. The van der Waals surface area contributed by atoms with Crippen LogP contribution in [0.4, 0.5) is 0 Å². The van der Waals surface area contributed by atoms with Crippen LogP contribution in [-0.2, 0) is 4.79 Å². The van der Waals surface area contributed by atoms with Gasteiger partial charge in [0, 0.05) is 10.6 Å². The van der Waals surface area contributed by atoms with E-state index < -0.39 is 5.97 Å². The molecule has 0 aliphatic carbocycles. The molecule has 0 aromatic heterocycles. The zero-order chi connectivity index (χ0) is 21.5. The van der Waals surface area contributed by atoms with Crippen LogP contribution in [0.5, 0.6) is 5.75 Å². The third-order valence-electron chi connectivity index (χ3n) is 4.91. The van der Waals surface area contributed by atoms with Crippen molar-refractivity contribution in [2.45, 2.75) is 25.7 Å². The number of aryl methyl sites for hydroxylation is 3. The van der Waals surface area contributed by atoms with Gasteiger partial charge in [-0.05, 0) is 72.4 Å². The number of carbonyl (C=O) groups is 1. The predicted molar refractivity (Wildman–Crippen MR) is 124 cm³/mol. The van der Waals surface area contributed by atoms with Gasteiger partial charge in [-0.25, -0.2) is 4.79 Å². The van der Waals surface area contributed by atoms with Crippen molar-refractivity contribution >= 4 is 23.3 Å². The number of aliphatic carboxylic acids is 1. The van der Waals surface area contributed by atoms with Gasteiger partial charge in [0.25, 0.3) is 0 Å². The summed E-state index contributed by atoms with van der Waals surface area (Å²) in [5, 5.41) is 8.76. The van der Waals surface area contributed by atoms with Crippen LogP contribution in [0.25, 0.3) is 5.57 Å². The number of ether oxygens (including phenoxy) is 1. The van der Waals surface area contributed by atoms with Crippen LogP contribution in [0, 0.1) is 20.8 Å². The van der Waals surface area contributed by atoms with Gasteiger partial charge >= 0.3 is 5.97 Å². The van der Waals surface area contributed by atoms with E-state index in [1.807, 2.05) is 25.1 Å². The van der Waals surface area contributed by atoms with Crippen molar-refractivity contribution < 1.29 is 14.6 Å². The Morgan fingerprint density at radius 3 is 2.03 bits per heavy atom. The highest BCUT2D eigenvalue weighted by Crippen LogP contribution is 2.31. The van der Waals surface area contributed by atoms with Gasteiger partial charge in [-0.15, -0.1) is 11.8 Å². The summed E-state index contributed by atoms with van der Waals surface area (Å²) < 4.78 is 5.27. The second-order valence-corrected chi connectivity index (χ2v) is 8.23. The molecule has 3 nitrogen and oxygen atoms in total. The Morgan fingerprint density at radius 1 is 0.900 bits per heavy atom. The lowest BCUT2D eigenvalue weighted by atomic mass is 9.92. The second-order valence-electron chi connectivity index (χ2n) is 7.17. The minimum absolute atomic E-state index is 0.328. The fraction of sp³-hybridized carbons (Fsp3) is 0.192. The molecule has 3 rings (SSSR count). The molecule has 0 unspecified atom stereocenters. The van der Waals surface area contributed by atoms with Crippen molar-refractivity contribution in [2.75, 3.05) is 12.4 Å². The third-order valence-corrected chi connectivity index (χ3v) is 6.01. The lowest BCUT2D eigenvalue weighted by Gasteiger charge is -2.14. The first-order chi connectivity index (χ1) is 14.5. The van der Waals surface area contributed by atoms with Gasteiger partial charge < -0.3 is 9.84 Å². The topological polar surface area (TPSA) is 46.5 Å². The summed E-state index contributed by atoms with van der Waals surface area (Å²) in [7, 11) is 0. The van der Waals surface area contributed by atoms with Crippen LogP contribution >= 0.6 is 11.8 Å². The summed E-state index contributed by atoms with van der Waals surface area (Å²) in [6.07, 6.45) is 2.30. The van der Waals surface area contributed by atoms with Gasteiger partial charge in [0.2, 0.25) is 0 Å². The molecule has 1 N–H and O–H groups in total. The first-order valence-corrected chi connectivity index (χ1v) is 10.8. The van der Waals surface area contributed by atoms with E-state index in [2.05, 4.69) is 68.5 Å². The Kier molecular flexibility index (Phi) is 7.36. The van der Waals surface area contributed by atoms with Crippen LogP contribution in [0.2, 0.25) is 0 Å². The number of carboxylic acids is 1. The van der Waals surface area contributed by atoms with Gasteiger partial charge in [0.05, 0.1) is 0 Å². The van der Waals surface area contributed by atoms with Crippen molar-refractivity contribution in [2.24, 2.45) is 0 Å². The predicted octanol–water partition coefficient (Wildman–Crippen LogP) is 6.30. The van der Waals surface area contributed by atoms with Gasteiger partial charge in [-0.2, -0.15) is 0 Å². The van der Waals surface area contributed by atoms with Crippen LogP contribution in [0.3, 0.4) is 0 Å². The molecular weight excluding hydrogens is 392 g/mol. The molecule has 0 saturated heterocycles. The lowest BCUT2D eigenvalue weighted by Crippen LogP contribution is -2.09. The smallest absolute Gasteiger partial charge is 0.341 e. The minimum atomic E-state index is -0.976. The number of carboxylic acid groups (broad SMARTS) is 1. The molecule has 0 saturated carbocycles. The Bertz CT molecular complexity index is 1020. The molecule has 0 aliphatic rings.